The number of carbonyl (C=O) groups is 2. The maximum absolute atomic E-state index is 13.1. The molecule has 6 nitrogen and oxygen atoms in total. The van der Waals surface area contributed by atoms with Gasteiger partial charge in [-0.1, -0.05) is 31.4 Å². The number of imide groups is 1. The van der Waals surface area contributed by atoms with Crippen molar-refractivity contribution in [2.24, 2.45) is 5.92 Å². The van der Waals surface area contributed by atoms with Gasteiger partial charge in [0, 0.05) is 31.9 Å². The minimum Gasteiger partial charge on any atom is -0.369 e. The van der Waals surface area contributed by atoms with Crippen LogP contribution in [0.25, 0.3) is 0 Å². The molecule has 6 heteroatoms. The number of hydrogen-bond donors (Lipinski definition) is 1. The summed E-state index contributed by atoms with van der Waals surface area (Å²) < 4.78 is 0. The molecule has 2 aliphatic heterocycles. The number of nitrogens with one attached hydrogen (secondary N) is 1. The van der Waals surface area contributed by atoms with E-state index in [1.54, 1.807) is 0 Å². The summed E-state index contributed by atoms with van der Waals surface area (Å²) in [7, 11) is 0. The summed E-state index contributed by atoms with van der Waals surface area (Å²) in [6.45, 7) is 7.96. The summed E-state index contributed by atoms with van der Waals surface area (Å²) in [4.78, 5) is 31.8. The predicted molar refractivity (Wildman–Crippen MR) is 110 cm³/mol. The molecule has 2 heterocycles. The zero-order chi connectivity index (χ0) is 19.7. The molecule has 3 amide bonds. The van der Waals surface area contributed by atoms with E-state index in [1.165, 1.54) is 22.6 Å². The van der Waals surface area contributed by atoms with Gasteiger partial charge in [0.05, 0.1) is 6.67 Å². The Balaban J connectivity index is 1.36. The van der Waals surface area contributed by atoms with Gasteiger partial charge in [-0.2, -0.15) is 0 Å². The number of hydrogen-bond acceptors (Lipinski definition) is 4. The van der Waals surface area contributed by atoms with Crippen molar-refractivity contribution in [3.05, 3.63) is 29.8 Å². The average Bonchev–Trinajstić information content (AvgIpc) is 2.93. The first-order chi connectivity index (χ1) is 13.5. The Morgan fingerprint density at radius 3 is 2.46 bits per heavy atom. The highest BCUT2D eigenvalue weighted by Gasteiger charge is 2.52. The number of rotatable bonds is 4. The Bertz CT molecular complexity index is 738. The van der Waals surface area contributed by atoms with Crippen LogP contribution in [0.4, 0.5) is 10.5 Å². The van der Waals surface area contributed by atoms with Gasteiger partial charge in [-0.15, -0.1) is 0 Å². The first kappa shape index (κ1) is 19.2. The van der Waals surface area contributed by atoms with Crippen molar-refractivity contribution in [1.82, 2.24) is 15.1 Å². The van der Waals surface area contributed by atoms with Crippen LogP contribution in [0.5, 0.6) is 0 Å². The highest BCUT2D eigenvalue weighted by atomic mass is 16.2. The van der Waals surface area contributed by atoms with Gasteiger partial charge in [0.15, 0.2) is 0 Å². The second-order valence-electron chi connectivity index (χ2n) is 8.79. The van der Waals surface area contributed by atoms with Crippen molar-refractivity contribution in [2.75, 3.05) is 37.7 Å². The van der Waals surface area contributed by atoms with Crippen molar-refractivity contribution >= 4 is 17.6 Å². The maximum Gasteiger partial charge on any atom is 0.326 e. The van der Waals surface area contributed by atoms with Crippen LogP contribution in [0, 0.1) is 12.8 Å². The minimum atomic E-state index is -0.721. The molecule has 0 aromatic heterocycles. The van der Waals surface area contributed by atoms with Crippen LogP contribution in [0.2, 0.25) is 0 Å². The molecule has 0 unspecified atom stereocenters. The molecule has 0 spiro atoms. The fraction of sp³-hybridized carbons (Fsp3) is 0.636. The number of benzene rings is 1. The maximum atomic E-state index is 13.1. The number of amides is 3. The van der Waals surface area contributed by atoms with E-state index in [-0.39, 0.29) is 17.9 Å². The molecule has 1 saturated carbocycles. The van der Waals surface area contributed by atoms with Gasteiger partial charge in [-0.05, 0) is 50.3 Å². The van der Waals surface area contributed by atoms with Crippen LogP contribution in [-0.2, 0) is 4.79 Å². The first-order valence-corrected chi connectivity index (χ1v) is 10.7. The zero-order valence-electron chi connectivity index (χ0n) is 17.1. The van der Waals surface area contributed by atoms with Crippen molar-refractivity contribution < 1.29 is 9.59 Å². The van der Waals surface area contributed by atoms with Crippen LogP contribution in [0.3, 0.4) is 0 Å². The van der Waals surface area contributed by atoms with Crippen molar-refractivity contribution in [1.29, 1.82) is 0 Å². The third-order valence-corrected chi connectivity index (χ3v) is 6.80. The minimum absolute atomic E-state index is 0.0366. The molecular weight excluding hydrogens is 352 g/mol. The topological polar surface area (TPSA) is 55.9 Å². The quantitative estimate of drug-likeness (QED) is 0.811. The molecule has 1 aromatic carbocycles. The summed E-state index contributed by atoms with van der Waals surface area (Å²) in [5.41, 5.74) is 1.79. The number of urea groups is 1. The molecule has 3 aliphatic rings. The molecule has 1 atom stereocenters. The average molecular weight is 385 g/mol. The third-order valence-electron chi connectivity index (χ3n) is 6.80. The van der Waals surface area contributed by atoms with Gasteiger partial charge in [0.1, 0.15) is 5.54 Å². The molecule has 1 aromatic rings. The van der Waals surface area contributed by atoms with Gasteiger partial charge >= 0.3 is 6.03 Å². The molecule has 152 valence electrons. The normalized spacial score (nSPS) is 27.4. The van der Waals surface area contributed by atoms with Crippen molar-refractivity contribution in [3.63, 3.8) is 0 Å². The monoisotopic (exact) mass is 384 g/mol. The second-order valence-corrected chi connectivity index (χ2v) is 8.79. The lowest BCUT2D eigenvalue weighted by atomic mass is 9.75. The molecule has 4 rings (SSSR count). The molecule has 0 radical (unpaired) electrons. The lowest BCUT2D eigenvalue weighted by Gasteiger charge is -2.38. The number of anilines is 1. The van der Waals surface area contributed by atoms with Crippen LogP contribution < -0.4 is 10.2 Å². The lowest BCUT2D eigenvalue weighted by Crippen LogP contribution is -2.53. The Labute approximate surface area is 167 Å². The number of carbonyl (C=O) groups excluding carboxylic acids is 2. The van der Waals surface area contributed by atoms with Crippen LogP contribution in [-0.4, -0.2) is 60.1 Å². The standard InChI is InChI=1S/C22H32N4O2/c1-17-7-6-10-19(15-17)25-13-11-24(12-14-25)16-26-20(27)22(2,23-21(26)28)18-8-4-3-5-9-18/h6-7,10,15,18H,3-5,8-9,11-14,16H2,1-2H3,(H,23,28)/t22-/m0/s1. The summed E-state index contributed by atoms with van der Waals surface area (Å²) >= 11 is 0. The molecule has 1 N–H and O–H groups in total. The summed E-state index contributed by atoms with van der Waals surface area (Å²) in [5.74, 6) is 0.228. The molecule has 2 saturated heterocycles. The van der Waals surface area contributed by atoms with Crippen LogP contribution in [0.1, 0.15) is 44.6 Å². The van der Waals surface area contributed by atoms with E-state index in [1.807, 2.05) is 6.92 Å². The first-order valence-electron chi connectivity index (χ1n) is 10.7. The molecule has 1 aliphatic carbocycles. The van der Waals surface area contributed by atoms with Gasteiger partial charge < -0.3 is 10.2 Å². The van der Waals surface area contributed by atoms with Crippen LogP contribution in [0.15, 0.2) is 24.3 Å². The van der Waals surface area contributed by atoms with Gasteiger partial charge in [0.25, 0.3) is 5.91 Å². The molecular formula is C22H32N4O2. The fourth-order valence-electron chi connectivity index (χ4n) is 4.97. The summed E-state index contributed by atoms with van der Waals surface area (Å²) in [5, 5.41) is 3.03. The Kier molecular flexibility index (Phi) is 5.32. The second kappa shape index (κ2) is 7.74. The Morgan fingerprint density at radius 2 is 1.79 bits per heavy atom. The smallest absolute Gasteiger partial charge is 0.326 e. The van der Waals surface area contributed by atoms with Gasteiger partial charge in [-0.3, -0.25) is 9.69 Å². The molecule has 28 heavy (non-hydrogen) atoms. The predicted octanol–water partition coefficient (Wildman–Crippen LogP) is 2.97. The van der Waals surface area contributed by atoms with Crippen molar-refractivity contribution in [2.45, 2.75) is 51.5 Å². The molecule has 0 bridgehead atoms. The zero-order valence-corrected chi connectivity index (χ0v) is 17.1. The summed E-state index contributed by atoms with van der Waals surface area (Å²) in [6.07, 6.45) is 5.62. The van der Waals surface area contributed by atoms with Gasteiger partial charge in [0.2, 0.25) is 0 Å². The number of nitrogens with zero attached hydrogens (tertiary/aromatic N) is 3. The van der Waals surface area contributed by atoms with E-state index in [4.69, 9.17) is 0 Å². The Morgan fingerprint density at radius 1 is 1.07 bits per heavy atom. The number of piperazine rings is 1. The van der Waals surface area contributed by atoms with Crippen LogP contribution >= 0.6 is 0 Å². The highest BCUT2D eigenvalue weighted by Crippen LogP contribution is 2.36. The van der Waals surface area contributed by atoms with E-state index in [2.05, 4.69) is 46.3 Å². The number of aryl methyl sites for hydroxylation is 1. The van der Waals surface area contributed by atoms with Crippen molar-refractivity contribution in [3.8, 4) is 0 Å². The summed E-state index contributed by atoms with van der Waals surface area (Å²) in [6, 6.07) is 8.34. The third kappa shape index (κ3) is 3.62. The highest BCUT2D eigenvalue weighted by molar-refractivity contribution is 6.07. The van der Waals surface area contributed by atoms with E-state index >= 15 is 0 Å². The molecule has 3 fully saturated rings. The SMILES string of the molecule is Cc1cccc(N2CCN(CN3C(=O)N[C@@](C)(C4CCCCC4)C3=O)CC2)c1. The van der Waals surface area contributed by atoms with E-state index < -0.39 is 5.54 Å². The van der Waals surface area contributed by atoms with E-state index in [9.17, 15) is 9.59 Å². The lowest BCUT2D eigenvalue weighted by molar-refractivity contribution is -0.134. The van der Waals surface area contributed by atoms with E-state index in [0.29, 0.717) is 6.67 Å². The van der Waals surface area contributed by atoms with Gasteiger partial charge in [-0.25, -0.2) is 9.69 Å². The largest absolute Gasteiger partial charge is 0.369 e. The fourth-order valence-corrected chi connectivity index (χ4v) is 4.97. The van der Waals surface area contributed by atoms with E-state index in [0.717, 1.165) is 51.9 Å². The Hall–Kier alpha value is -2.08.